The molecule has 44 valence electrons. The van der Waals surface area contributed by atoms with Gasteiger partial charge in [0.25, 0.3) is 0 Å². The Bertz CT molecular complexity index is 174. The lowest BCUT2D eigenvalue weighted by atomic mass is 10.6. The first-order valence-electron chi connectivity index (χ1n) is 1.99. The third kappa shape index (κ3) is 1.06. The molecule has 0 aliphatic rings. The number of halogens is 2. The molecule has 3 N–H and O–H groups in total. The van der Waals surface area contributed by atoms with Crippen molar-refractivity contribution in [1.29, 1.82) is 0 Å². The van der Waals surface area contributed by atoms with E-state index in [4.69, 9.17) is 5.73 Å². The molecule has 0 aromatic carbocycles. The fourth-order valence-electron chi connectivity index (χ4n) is 0.413. The van der Waals surface area contributed by atoms with Crippen molar-refractivity contribution < 1.29 is 0 Å². The SMILES string of the molecule is Nc1[nH]c(Br)cc1Br. The van der Waals surface area contributed by atoms with Crippen LogP contribution in [-0.2, 0) is 0 Å². The molecule has 1 aromatic rings. The first-order chi connectivity index (χ1) is 3.70. The molecule has 0 saturated carbocycles. The number of nitrogens with one attached hydrogen (secondary N) is 1. The van der Waals surface area contributed by atoms with Gasteiger partial charge in [0.1, 0.15) is 5.82 Å². The highest BCUT2D eigenvalue weighted by Gasteiger charge is 1.96. The van der Waals surface area contributed by atoms with Gasteiger partial charge in [0.05, 0.1) is 9.08 Å². The number of aromatic nitrogens is 1. The molecule has 0 aliphatic carbocycles. The summed E-state index contributed by atoms with van der Waals surface area (Å²) in [6, 6.07) is 1.86. The summed E-state index contributed by atoms with van der Waals surface area (Å²) >= 11 is 6.45. The number of nitrogens with two attached hydrogens (primary N) is 1. The molecule has 0 atom stereocenters. The van der Waals surface area contributed by atoms with Gasteiger partial charge in [-0.25, -0.2) is 0 Å². The first-order valence-corrected chi connectivity index (χ1v) is 3.58. The Kier molecular flexibility index (Phi) is 1.62. The smallest absolute Gasteiger partial charge is 0.116 e. The van der Waals surface area contributed by atoms with Crippen molar-refractivity contribution in [3.63, 3.8) is 0 Å². The van der Waals surface area contributed by atoms with Gasteiger partial charge in [0, 0.05) is 0 Å². The van der Waals surface area contributed by atoms with E-state index in [9.17, 15) is 0 Å². The van der Waals surface area contributed by atoms with Crippen LogP contribution in [0, 0.1) is 0 Å². The molecule has 1 aromatic heterocycles. The van der Waals surface area contributed by atoms with Crippen molar-refractivity contribution in [2.45, 2.75) is 0 Å². The molecule has 1 heterocycles. The van der Waals surface area contributed by atoms with Gasteiger partial charge in [-0.1, -0.05) is 0 Å². The summed E-state index contributed by atoms with van der Waals surface area (Å²) in [6.07, 6.45) is 0. The molecule has 1 rings (SSSR count). The third-order valence-corrected chi connectivity index (χ3v) is 1.85. The van der Waals surface area contributed by atoms with Gasteiger partial charge in [-0.2, -0.15) is 0 Å². The van der Waals surface area contributed by atoms with Crippen molar-refractivity contribution in [1.82, 2.24) is 4.98 Å². The number of H-pyrrole nitrogens is 1. The molecule has 0 bridgehead atoms. The summed E-state index contributed by atoms with van der Waals surface area (Å²) in [5.41, 5.74) is 5.41. The van der Waals surface area contributed by atoms with Gasteiger partial charge in [-0.3, -0.25) is 0 Å². The minimum atomic E-state index is 0.650. The van der Waals surface area contributed by atoms with Crippen LogP contribution in [0.5, 0.6) is 0 Å². The van der Waals surface area contributed by atoms with E-state index < -0.39 is 0 Å². The number of hydrogen-bond donors (Lipinski definition) is 2. The van der Waals surface area contributed by atoms with E-state index >= 15 is 0 Å². The van der Waals surface area contributed by atoms with Crippen molar-refractivity contribution in [2.24, 2.45) is 0 Å². The Labute approximate surface area is 63.7 Å². The summed E-state index contributed by atoms with van der Waals surface area (Å²) in [7, 11) is 0. The normalized spacial score (nSPS) is 9.75. The van der Waals surface area contributed by atoms with E-state index in [-0.39, 0.29) is 0 Å². The number of aromatic amines is 1. The predicted molar refractivity (Wildman–Crippen MR) is 40.6 cm³/mol. The summed E-state index contributed by atoms with van der Waals surface area (Å²) in [6.45, 7) is 0. The first kappa shape index (κ1) is 6.16. The van der Waals surface area contributed by atoms with Crippen LogP contribution in [0.3, 0.4) is 0 Å². The Hall–Kier alpha value is 0.0400. The molecule has 0 unspecified atom stereocenters. The second kappa shape index (κ2) is 2.11. The minimum absolute atomic E-state index is 0.650. The van der Waals surface area contributed by atoms with Crippen LogP contribution in [-0.4, -0.2) is 4.98 Å². The summed E-state index contributed by atoms with van der Waals surface area (Å²) in [5.74, 6) is 0.650. The predicted octanol–water partition coefficient (Wildman–Crippen LogP) is 2.12. The van der Waals surface area contributed by atoms with Crippen LogP contribution in [0.1, 0.15) is 0 Å². The van der Waals surface area contributed by atoms with Gasteiger partial charge in [-0.05, 0) is 37.9 Å². The molecular formula is C4H4Br2N2. The Morgan fingerprint density at radius 3 is 2.25 bits per heavy atom. The fourth-order valence-corrected chi connectivity index (χ4v) is 1.49. The average molecular weight is 240 g/mol. The minimum Gasteiger partial charge on any atom is -0.384 e. The molecule has 2 nitrogen and oxygen atoms in total. The van der Waals surface area contributed by atoms with Crippen LogP contribution in [0.2, 0.25) is 0 Å². The molecule has 0 spiro atoms. The largest absolute Gasteiger partial charge is 0.384 e. The van der Waals surface area contributed by atoms with Crippen molar-refractivity contribution in [3.05, 3.63) is 15.1 Å². The van der Waals surface area contributed by atoms with Crippen molar-refractivity contribution in [3.8, 4) is 0 Å². The molecule has 0 fully saturated rings. The van der Waals surface area contributed by atoms with Gasteiger partial charge >= 0.3 is 0 Å². The van der Waals surface area contributed by atoms with E-state index in [1.54, 1.807) is 0 Å². The van der Waals surface area contributed by atoms with Crippen LogP contribution < -0.4 is 5.73 Å². The average Bonchev–Trinajstić information content (AvgIpc) is 1.85. The number of nitrogen functional groups attached to an aromatic ring is 1. The Morgan fingerprint density at radius 2 is 2.12 bits per heavy atom. The van der Waals surface area contributed by atoms with Crippen molar-refractivity contribution >= 4 is 37.7 Å². The van der Waals surface area contributed by atoms with E-state index in [1.165, 1.54) is 0 Å². The maximum absolute atomic E-state index is 5.41. The lowest BCUT2D eigenvalue weighted by Crippen LogP contribution is -1.82. The number of anilines is 1. The lowest BCUT2D eigenvalue weighted by molar-refractivity contribution is 1.36. The maximum Gasteiger partial charge on any atom is 0.116 e. The molecule has 0 radical (unpaired) electrons. The van der Waals surface area contributed by atoms with E-state index in [0.29, 0.717) is 5.82 Å². The molecule has 0 saturated heterocycles. The molecule has 4 heteroatoms. The van der Waals surface area contributed by atoms with Crippen molar-refractivity contribution in [2.75, 3.05) is 5.73 Å². The fraction of sp³-hybridized carbons (Fsp3) is 0. The highest BCUT2D eigenvalue weighted by Crippen LogP contribution is 2.22. The monoisotopic (exact) mass is 238 g/mol. The summed E-state index contributed by atoms with van der Waals surface area (Å²) in [4.78, 5) is 2.85. The summed E-state index contributed by atoms with van der Waals surface area (Å²) < 4.78 is 1.78. The van der Waals surface area contributed by atoms with Crippen LogP contribution in [0.25, 0.3) is 0 Å². The number of hydrogen-bond acceptors (Lipinski definition) is 1. The Balaban J connectivity index is 3.14. The second-order valence-electron chi connectivity index (χ2n) is 1.38. The molecule has 0 aliphatic heterocycles. The van der Waals surface area contributed by atoms with Crippen LogP contribution in [0.4, 0.5) is 5.82 Å². The van der Waals surface area contributed by atoms with Gasteiger partial charge in [0.15, 0.2) is 0 Å². The van der Waals surface area contributed by atoms with Crippen LogP contribution >= 0.6 is 31.9 Å². The van der Waals surface area contributed by atoms with E-state index in [0.717, 1.165) is 9.08 Å². The number of rotatable bonds is 0. The van der Waals surface area contributed by atoms with Gasteiger partial charge in [-0.15, -0.1) is 0 Å². The standard InChI is InChI=1S/C4H4Br2N2/c5-2-1-3(6)8-4(2)7/h1,8H,7H2. The summed E-state index contributed by atoms with van der Waals surface area (Å²) in [5, 5.41) is 0. The molecule has 0 amide bonds. The highest BCUT2D eigenvalue weighted by atomic mass is 79.9. The molecular weight excluding hydrogens is 236 g/mol. The lowest BCUT2D eigenvalue weighted by Gasteiger charge is -1.80. The third-order valence-electron chi connectivity index (χ3n) is 0.765. The Morgan fingerprint density at radius 1 is 1.50 bits per heavy atom. The zero-order valence-corrected chi connectivity index (χ0v) is 7.08. The molecule has 8 heavy (non-hydrogen) atoms. The zero-order chi connectivity index (χ0) is 6.15. The maximum atomic E-state index is 5.41. The van der Waals surface area contributed by atoms with Gasteiger partial charge < -0.3 is 10.7 Å². The zero-order valence-electron chi connectivity index (χ0n) is 3.91. The topological polar surface area (TPSA) is 41.8 Å². The van der Waals surface area contributed by atoms with Crippen LogP contribution in [0.15, 0.2) is 15.1 Å². The van der Waals surface area contributed by atoms with E-state index in [1.807, 2.05) is 6.07 Å². The highest BCUT2D eigenvalue weighted by molar-refractivity contribution is 9.11. The van der Waals surface area contributed by atoms with E-state index in [2.05, 4.69) is 36.8 Å². The quantitative estimate of drug-likeness (QED) is 0.716. The second-order valence-corrected chi connectivity index (χ2v) is 3.09. The van der Waals surface area contributed by atoms with Gasteiger partial charge in [0.2, 0.25) is 0 Å².